The molecule has 140 valence electrons. The van der Waals surface area contributed by atoms with Gasteiger partial charge in [-0.05, 0) is 55.4 Å². The van der Waals surface area contributed by atoms with E-state index in [1.54, 1.807) is 0 Å². The van der Waals surface area contributed by atoms with Crippen molar-refractivity contribution in [1.82, 2.24) is 19.8 Å². The molecular formula is C21H24N4O2. The van der Waals surface area contributed by atoms with Crippen LogP contribution >= 0.6 is 0 Å². The molecule has 1 amide bonds. The molecule has 1 unspecified atom stereocenters. The number of benzene rings is 2. The van der Waals surface area contributed by atoms with Crippen molar-refractivity contribution in [2.24, 2.45) is 0 Å². The molecular weight excluding hydrogens is 340 g/mol. The first-order chi connectivity index (χ1) is 13.0. The number of fused-ring (bicyclic) bond motifs is 1. The Kier molecular flexibility index (Phi) is 4.68. The maximum absolute atomic E-state index is 12.8. The number of imidazole rings is 1. The van der Waals surface area contributed by atoms with Crippen molar-refractivity contribution in [2.45, 2.75) is 19.1 Å². The highest BCUT2D eigenvalue weighted by Crippen LogP contribution is 2.24. The zero-order chi connectivity index (χ0) is 19.0. The van der Waals surface area contributed by atoms with E-state index in [-0.39, 0.29) is 18.6 Å². The van der Waals surface area contributed by atoms with Gasteiger partial charge >= 0.3 is 0 Å². The number of aromatic amines is 1. The number of carbonyl (C=O) groups excluding carboxylic acids is 1. The predicted octanol–water partition coefficient (Wildman–Crippen LogP) is 2.50. The first-order valence-corrected chi connectivity index (χ1v) is 9.21. The van der Waals surface area contributed by atoms with Crippen LogP contribution in [0, 0.1) is 0 Å². The molecule has 0 saturated carbocycles. The van der Waals surface area contributed by atoms with E-state index in [1.165, 1.54) is 0 Å². The fraction of sp³-hybridized carbons (Fsp3) is 0.333. The lowest BCUT2D eigenvalue weighted by Crippen LogP contribution is -2.38. The van der Waals surface area contributed by atoms with Crippen LogP contribution in [0.4, 0.5) is 0 Å². The quantitative estimate of drug-likeness (QED) is 0.746. The molecule has 0 radical (unpaired) electrons. The molecule has 1 atom stereocenters. The second-order valence-corrected chi connectivity index (χ2v) is 7.27. The van der Waals surface area contributed by atoms with E-state index in [1.807, 2.05) is 54.4 Å². The second-order valence-electron chi connectivity index (χ2n) is 7.27. The molecule has 2 N–H and O–H groups in total. The number of amides is 1. The minimum atomic E-state index is -0.106. The van der Waals surface area contributed by atoms with Crippen LogP contribution in [-0.2, 0) is 6.61 Å². The number of aliphatic hydroxyl groups is 1. The molecule has 1 fully saturated rings. The monoisotopic (exact) mass is 364 g/mol. The van der Waals surface area contributed by atoms with Crippen molar-refractivity contribution >= 4 is 16.9 Å². The number of aliphatic hydroxyl groups excluding tert-OH is 1. The number of hydrogen-bond donors (Lipinski definition) is 2. The van der Waals surface area contributed by atoms with Crippen molar-refractivity contribution in [1.29, 1.82) is 0 Å². The van der Waals surface area contributed by atoms with Crippen LogP contribution in [0.2, 0.25) is 0 Å². The Morgan fingerprint density at radius 2 is 2.00 bits per heavy atom. The molecule has 0 aliphatic carbocycles. The van der Waals surface area contributed by atoms with Crippen molar-refractivity contribution in [3.8, 4) is 11.1 Å². The fourth-order valence-corrected chi connectivity index (χ4v) is 3.72. The number of hydrogen-bond acceptors (Lipinski definition) is 4. The molecule has 3 aromatic rings. The van der Waals surface area contributed by atoms with Crippen molar-refractivity contribution < 1.29 is 9.90 Å². The van der Waals surface area contributed by atoms with Crippen LogP contribution in [-0.4, -0.2) is 64.0 Å². The topological polar surface area (TPSA) is 72.5 Å². The zero-order valence-corrected chi connectivity index (χ0v) is 15.6. The number of likely N-dealkylation sites (N-methyl/N-ethyl adjacent to an activating group) is 2. The van der Waals surface area contributed by atoms with Crippen LogP contribution < -0.4 is 0 Å². The molecule has 6 nitrogen and oxygen atoms in total. The predicted molar refractivity (Wildman–Crippen MR) is 105 cm³/mol. The van der Waals surface area contributed by atoms with E-state index in [9.17, 15) is 9.90 Å². The van der Waals surface area contributed by atoms with E-state index < -0.39 is 0 Å². The van der Waals surface area contributed by atoms with E-state index in [4.69, 9.17) is 0 Å². The van der Waals surface area contributed by atoms with Crippen LogP contribution in [0.25, 0.3) is 22.2 Å². The Labute approximate surface area is 158 Å². The highest BCUT2D eigenvalue weighted by Gasteiger charge is 2.26. The van der Waals surface area contributed by atoms with E-state index >= 15 is 0 Å². The largest absolute Gasteiger partial charge is 0.388 e. The Morgan fingerprint density at radius 3 is 2.67 bits per heavy atom. The summed E-state index contributed by atoms with van der Waals surface area (Å²) in [7, 11) is 3.98. The highest BCUT2D eigenvalue weighted by molar-refractivity contribution is 5.95. The molecule has 2 aromatic carbocycles. The second kappa shape index (κ2) is 7.13. The number of likely N-dealkylation sites (tertiary alicyclic amines) is 1. The Hall–Kier alpha value is -2.70. The van der Waals surface area contributed by atoms with Gasteiger partial charge < -0.3 is 19.9 Å². The summed E-state index contributed by atoms with van der Waals surface area (Å²) in [5.41, 5.74) is 4.51. The summed E-state index contributed by atoms with van der Waals surface area (Å²) in [6.45, 7) is 1.86. The number of rotatable bonds is 4. The summed E-state index contributed by atoms with van der Waals surface area (Å²) in [6, 6.07) is 14.0. The Morgan fingerprint density at radius 1 is 1.26 bits per heavy atom. The van der Waals surface area contributed by atoms with Gasteiger partial charge in [0.2, 0.25) is 0 Å². The lowest BCUT2D eigenvalue weighted by atomic mass is 10.0. The molecule has 1 aromatic heterocycles. The van der Waals surface area contributed by atoms with E-state index in [0.717, 1.165) is 41.7 Å². The number of carbonyl (C=O) groups is 1. The number of nitrogens with zero attached hydrogens (tertiary/aromatic N) is 3. The lowest BCUT2D eigenvalue weighted by molar-refractivity contribution is 0.0737. The third-order valence-corrected chi connectivity index (χ3v) is 5.38. The Balaban J connectivity index is 1.54. The molecule has 1 saturated heterocycles. The lowest BCUT2D eigenvalue weighted by Gasteiger charge is -2.24. The van der Waals surface area contributed by atoms with Gasteiger partial charge in [0.05, 0.1) is 11.0 Å². The third-order valence-electron chi connectivity index (χ3n) is 5.38. The Bertz CT molecular complexity index is 964. The SMILES string of the molecule is CN1CCC(N(C)C(=O)c2ccc(-c3ccc4nc(CO)[nH]c4c3)cc2)C1. The van der Waals surface area contributed by atoms with E-state index in [2.05, 4.69) is 21.9 Å². The number of aromatic nitrogens is 2. The zero-order valence-electron chi connectivity index (χ0n) is 15.6. The van der Waals surface area contributed by atoms with Gasteiger partial charge in [0, 0.05) is 25.2 Å². The molecule has 27 heavy (non-hydrogen) atoms. The first kappa shape index (κ1) is 17.7. The van der Waals surface area contributed by atoms with Crippen molar-refractivity contribution in [3.05, 3.63) is 53.9 Å². The molecule has 4 rings (SSSR count). The summed E-state index contributed by atoms with van der Waals surface area (Å²) in [6.07, 6.45) is 1.02. The van der Waals surface area contributed by atoms with Gasteiger partial charge in [0.1, 0.15) is 12.4 Å². The van der Waals surface area contributed by atoms with Gasteiger partial charge in [-0.2, -0.15) is 0 Å². The average Bonchev–Trinajstić information content (AvgIpc) is 3.32. The summed E-state index contributed by atoms with van der Waals surface area (Å²) in [5, 5.41) is 9.21. The highest BCUT2D eigenvalue weighted by atomic mass is 16.3. The minimum Gasteiger partial charge on any atom is -0.388 e. The maximum atomic E-state index is 12.8. The molecule has 0 bridgehead atoms. The number of H-pyrrole nitrogens is 1. The van der Waals surface area contributed by atoms with Crippen molar-refractivity contribution in [2.75, 3.05) is 27.2 Å². The summed E-state index contributed by atoms with van der Waals surface area (Å²) in [4.78, 5) is 24.3. The smallest absolute Gasteiger partial charge is 0.253 e. The normalized spacial score (nSPS) is 17.5. The maximum Gasteiger partial charge on any atom is 0.253 e. The average molecular weight is 364 g/mol. The van der Waals surface area contributed by atoms with Gasteiger partial charge in [-0.1, -0.05) is 18.2 Å². The van der Waals surface area contributed by atoms with Crippen LogP contribution in [0.5, 0.6) is 0 Å². The first-order valence-electron chi connectivity index (χ1n) is 9.21. The van der Waals surface area contributed by atoms with Crippen LogP contribution in [0.3, 0.4) is 0 Å². The van der Waals surface area contributed by atoms with Gasteiger partial charge in [0.25, 0.3) is 5.91 Å². The van der Waals surface area contributed by atoms with Crippen LogP contribution in [0.15, 0.2) is 42.5 Å². The summed E-state index contributed by atoms with van der Waals surface area (Å²) in [5.74, 6) is 0.627. The van der Waals surface area contributed by atoms with Gasteiger partial charge in [-0.15, -0.1) is 0 Å². The summed E-state index contributed by atoms with van der Waals surface area (Å²) >= 11 is 0. The molecule has 0 spiro atoms. The molecule has 1 aliphatic rings. The van der Waals surface area contributed by atoms with E-state index in [0.29, 0.717) is 11.4 Å². The third kappa shape index (κ3) is 3.46. The molecule has 6 heteroatoms. The molecule has 1 aliphatic heterocycles. The fourth-order valence-electron chi connectivity index (χ4n) is 3.72. The standard InChI is InChI=1S/C21H24N4O2/c1-24-10-9-17(12-24)25(2)21(27)15-5-3-14(4-6-15)16-7-8-18-19(11-16)23-20(13-26)22-18/h3-8,11,17,26H,9-10,12-13H2,1-2H3,(H,22,23). The van der Waals surface area contributed by atoms with Crippen LogP contribution in [0.1, 0.15) is 22.6 Å². The summed E-state index contributed by atoms with van der Waals surface area (Å²) < 4.78 is 0. The van der Waals surface area contributed by atoms with Gasteiger partial charge in [-0.3, -0.25) is 4.79 Å². The van der Waals surface area contributed by atoms with Crippen molar-refractivity contribution in [3.63, 3.8) is 0 Å². The van der Waals surface area contributed by atoms with Gasteiger partial charge in [-0.25, -0.2) is 4.98 Å². The molecule has 2 heterocycles. The van der Waals surface area contributed by atoms with Gasteiger partial charge in [0.15, 0.2) is 0 Å². The number of nitrogens with one attached hydrogen (secondary N) is 1. The minimum absolute atomic E-state index is 0.0680.